The zero-order valence-corrected chi connectivity index (χ0v) is 16.3. The van der Waals surface area contributed by atoms with E-state index in [0.717, 1.165) is 0 Å². The van der Waals surface area contributed by atoms with E-state index in [-0.39, 0.29) is 22.0 Å². The predicted octanol–water partition coefficient (Wildman–Crippen LogP) is 5.11. The minimum atomic E-state index is -0.587. The van der Waals surface area contributed by atoms with E-state index in [9.17, 15) is 19.7 Å². The number of nitrogens with one attached hydrogen (secondary N) is 2. The van der Waals surface area contributed by atoms with E-state index >= 15 is 0 Å². The van der Waals surface area contributed by atoms with Gasteiger partial charge in [0.2, 0.25) is 0 Å². The molecular formula is C18H11BrClN3O5. The summed E-state index contributed by atoms with van der Waals surface area (Å²) < 4.78 is 5.41. The normalized spacial score (nSPS) is 10.4. The number of benzene rings is 2. The Morgan fingerprint density at radius 2 is 1.86 bits per heavy atom. The summed E-state index contributed by atoms with van der Waals surface area (Å²) in [5.74, 6) is -0.896. The molecule has 142 valence electrons. The van der Waals surface area contributed by atoms with Crippen LogP contribution in [-0.4, -0.2) is 16.7 Å². The number of amides is 2. The van der Waals surface area contributed by atoms with Gasteiger partial charge in [0, 0.05) is 22.3 Å². The highest BCUT2D eigenvalue weighted by atomic mass is 79.9. The maximum atomic E-state index is 12.5. The van der Waals surface area contributed by atoms with Crippen molar-refractivity contribution in [1.29, 1.82) is 0 Å². The van der Waals surface area contributed by atoms with Crippen LogP contribution in [0.3, 0.4) is 0 Å². The Kier molecular flexibility index (Phi) is 5.76. The first-order valence-corrected chi connectivity index (χ1v) is 8.92. The number of anilines is 2. The van der Waals surface area contributed by atoms with Gasteiger partial charge in [-0.2, -0.15) is 0 Å². The third kappa shape index (κ3) is 4.38. The summed E-state index contributed by atoms with van der Waals surface area (Å²) >= 11 is 9.37. The van der Waals surface area contributed by atoms with Crippen molar-refractivity contribution in [3.05, 3.63) is 85.7 Å². The smallest absolute Gasteiger partial charge is 0.291 e. The Hall–Kier alpha value is -3.17. The lowest BCUT2D eigenvalue weighted by molar-refractivity contribution is -0.384. The minimum absolute atomic E-state index is 0.0977. The molecule has 3 aromatic rings. The van der Waals surface area contributed by atoms with Crippen LogP contribution in [0.4, 0.5) is 17.1 Å². The monoisotopic (exact) mass is 463 g/mol. The van der Waals surface area contributed by atoms with E-state index in [1.807, 2.05) is 0 Å². The Morgan fingerprint density at radius 3 is 2.50 bits per heavy atom. The first-order valence-electron chi connectivity index (χ1n) is 7.75. The summed E-state index contributed by atoms with van der Waals surface area (Å²) in [5, 5.41) is 16.3. The summed E-state index contributed by atoms with van der Waals surface area (Å²) in [6.07, 6.45) is 1.38. The fraction of sp³-hybridized carbons (Fsp3) is 0. The molecule has 0 spiro atoms. The number of carbonyl (C=O) groups excluding carboxylic acids is 2. The number of furan rings is 1. The molecular weight excluding hydrogens is 454 g/mol. The largest absolute Gasteiger partial charge is 0.459 e. The molecule has 0 bridgehead atoms. The second-order valence-electron chi connectivity index (χ2n) is 5.50. The number of non-ortho nitro benzene ring substituents is 1. The molecule has 0 saturated carbocycles. The van der Waals surface area contributed by atoms with Crippen LogP contribution in [0.25, 0.3) is 0 Å². The lowest BCUT2D eigenvalue weighted by Crippen LogP contribution is -2.14. The van der Waals surface area contributed by atoms with Crippen LogP contribution in [0.1, 0.15) is 20.9 Å². The fourth-order valence-electron chi connectivity index (χ4n) is 2.29. The van der Waals surface area contributed by atoms with Gasteiger partial charge in [0.05, 0.1) is 27.5 Å². The molecule has 8 nitrogen and oxygen atoms in total. The molecule has 2 N–H and O–H groups in total. The molecule has 0 saturated heterocycles. The number of rotatable bonds is 5. The molecule has 0 aliphatic rings. The molecule has 0 unspecified atom stereocenters. The third-order valence-corrected chi connectivity index (χ3v) is 4.63. The quantitative estimate of drug-likeness (QED) is 0.402. The maximum Gasteiger partial charge on any atom is 0.291 e. The molecule has 0 atom stereocenters. The summed E-state index contributed by atoms with van der Waals surface area (Å²) in [5.41, 5.74) is 0.574. The van der Waals surface area contributed by atoms with Gasteiger partial charge < -0.3 is 15.1 Å². The fourth-order valence-corrected chi connectivity index (χ4v) is 2.94. The highest BCUT2D eigenvalue weighted by molar-refractivity contribution is 9.10. The number of hydrogen-bond donors (Lipinski definition) is 2. The molecule has 1 heterocycles. The van der Waals surface area contributed by atoms with Crippen LogP contribution in [0, 0.1) is 10.1 Å². The zero-order valence-electron chi connectivity index (χ0n) is 13.9. The van der Waals surface area contributed by atoms with Gasteiger partial charge in [-0.25, -0.2) is 0 Å². The van der Waals surface area contributed by atoms with Crippen LogP contribution < -0.4 is 10.6 Å². The predicted molar refractivity (Wildman–Crippen MR) is 107 cm³/mol. The van der Waals surface area contributed by atoms with Crippen molar-refractivity contribution in [2.45, 2.75) is 0 Å². The molecule has 2 amide bonds. The van der Waals surface area contributed by atoms with E-state index in [2.05, 4.69) is 26.6 Å². The molecule has 0 aliphatic carbocycles. The van der Waals surface area contributed by atoms with Crippen molar-refractivity contribution >= 4 is 56.4 Å². The molecule has 2 aromatic carbocycles. The lowest BCUT2D eigenvalue weighted by atomic mass is 10.2. The first-order chi connectivity index (χ1) is 13.3. The molecule has 0 radical (unpaired) electrons. The molecule has 1 aromatic heterocycles. The van der Waals surface area contributed by atoms with Crippen LogP contribution in [0.5, 0.6) is 0 Å². The number of nitro benzene ring substituents is 1. The van der Waals surface area contributed by atoms with Crippen molar-refractivity contribution in [3.8, 4) is 0 Å². The summed E-state index contributed by atoms with van der Waals surface area (Å²) in [4.78, 5) is 34.8. The van der Waals surface area contributed by atoms with Crippen molar-refractivity contribution in [3.63, 3.8) is 0 Å². The van der Waals surface area contributed by atoms with Crippen molar-refractivity contribution < 1.29 is 18.9 Å². The van der Waals surface area contributed by atoms with Gasteiger partial charge >= 0.3 is 0 Å². The summed E-state index contributed by atoms with van der Waals surface area (Å²) in [6, 6.07) is 11.5. The average Bonchev–Trinajstić information content (AvgIpc) is 3.19. The molecule has 0 fully saturated rings. The minimum Gasteiger partial charge on any atom is -0.459 e. The third-order valence-electron chi connectivity index (χ3n) is 3.63. The van der Waals surface area contributed by atoms with Crippen LogP contribution >= 0.6 is 27.5 Å². The van der Waals surface area contributed by atoms with E-state index in [4.69, 9.17) is 16.0 Å². The summed E-state index contributed by atoms with van der Waals surface area (Å²) in [7, 11) is 0. The van der Waals surface area contributed by atoms with Gasteiger partial charge in [0.15, 0.2) is 5.76 Å². The van der Waals surface area contributed by atoms with Crippen LogP contribution in [-0.2, 0) is 0 Å². The van der Waals surface area contributed by atoms with Crippen molar-refractivity contribution in [2.75, 3.05) is 10.6 Å². The number of halogens is 2. The van der Waals surface area contributed by atoms with Gasteiger partial charge in [-0.1, -0.05) is 11.6 Å². The first kappa shape index (κ1) is 19.6. The molecule has 0 aliphatic heterocycles. The molecule has 28 heavy (non-hydrogen) atoms. The topological polar surface area (TPSA) is 114 Å². The standard InChI is InChI=1S/C18H11BrClN3O5/c19-13-5-4-11(23(26)27)9-12(13)17(24)21-10-3-6-15(14(20)8-10)22-18(25)16-2-1-7-28-16/h1-9H,(H,21,24)(H,22,25). The second-order valence-corrected chi connectivity index (χ2v) is 6.76. The van der Waals surface area contributed by atoms with Crippen molar-refractivity contribution in [2.24, 2.45) is 0 Å². The number of carbonyl (C=O) groups is 2. The van der Waals surface area contributed by atoms with E-state index in [1.54, 1.807) is 6.07 Å². The highest BCUT2D eigenvalue weighted by Gasteiger charge is 2.17. The van der Waals surface area contributed by atoms with Gasteiger partial charge in [-0.3, -0.25) is 19.7 Å². The van der Waals surface area contributed by atoms with E-state index in [0.29, 0.717) is 15.8 Å². The van der Waals surface area contributed by atoms with Crippen molar-refractivity contribution in [1.82, 2.24) is 0 Å². The van der Waals surface area contributed by atoms with Gasteiger partial charge in [0.25, 0.3) is 17.5 Å². The Morgan fingerprint density at radius 1 is 1.07 bits per heavy atom. The molecule has 10 heteroatoms. The van der Waals surface area contributed by atoms with Gasteiger partial charge in [0.1, 0.15) is 0 Å². The van der Waals surface area contributed by atoms with Crippen LogP contribution in [0.2, 0.25) is 5.02 Å². The van der Waals surface area contributed by atoms with Crippen LogP contribution in [0.15, 0.2) is 63.7 Å². The van der Waals surface area contributed by atoms with E-state index < -0.39 is 16.7 Å². The van der Waals surface area contributed by atoms with E-state index in [1.165, 1.54) is 48.7 Å². The Bertz CT molecular complexity index is 1070. The van der Waals surface area contributed by atoms with Gasteiger partial charge in [-0.05, 0) is 52.3 Å². The highest BCUT2D eigenvalue weighted by Crippen LogP contribution is 2.28. The maximum absolute atomic E-state index is 12.5. The Balaban J connectivity index is 1.76. The lowest BCUT2D eigenvalue weighted by Gasteiger charge is -2.10. The molecule has 3 rings (SSSR count). The van der Waals surface area contributed by atoms with Gasteiger partial charge in [-0.15, -0.1) is 0 Å². The summed E-state index contributed by atoms with van der Waals surface area (Å²) in [6.45, 7) is 0. The number of hydrogen-bond acceptors (Lipinski definition) is 5. The average molecular weight is 465 g/mol. The number of nitrogens with zero attached hydrogens (tertiary/aromatic N) is 1. The Labute approximate surface area is 171 Å². The SMILES string of the molecule is O=C(Nc1ccc(NC(=O)c2cc([N+](=O)[O-])ccc2Br)cc1Cl)c1ccco1. The second kappa shape index (κ2) is 8.24. The zero-order chi connectivity index (χ0) is 20.3. The number of nitro groups is 1.